The van der Waals surface area contributed by atoms with Crippen molar-refractivity contribution in [2.24, 2.45) is 0 Å². The Morgan fingerprint density at radius 2 is 2.05 bits per heavy atom. The SMILES string of the molecule is COc1cc(C)c(N)cc1S(=O)(=O)N(CCC#N)C(C)C. The molecule has 1 aromatic carbocycles. The highest BCUT2D eigenvalue weighted by Gasteiger charge is 2.30. The van der Waals surface area contributed by atoms with Gasteiger partial charge in [-0.3, -0.25) is 0 Å². The second-order valence-corrected chi connectivity index (χ2v) is 6.84. The van der Waals surface area contributed by atoms with Gasteiger partial charge in [0.05, 0.1) is 13.2 Å². The van der Waals surface area contributed by atoms with E-state index in [0.717, 1.165) is 5.56 Å². The lowest BCUT2D eigenvalue weighted by atomic mass is 10.2. The maximum absolute atomic E-state index is 12.8. The van der Waals surface area contributed by atoms with E-state index in [-0.39, 0.29) is 29.7 Å². The summed E-state index contributed by atoms with van der Waals surface area (Å²) in [5, 5.41) is 8.70. The normalized spacial score (nSPS) is 11.7. The molecule has 0 saturated heterocycles. The highest BCUT2D eigenvalue weighted by Crippen LogP contribution is 2.31. The number of benzene rings is 1. The molecule has 0 aliphatic heterocycles. The molecule has 6 nitrogen and oxygen atoms in total. The van der Waals surface area contributed by atoms with Gasteiger partial charge in [0, 0.05) is 24.7 Å². The number of nitriles is 1. The molecule has 0 fully saturated rings. The fourth-order valence-corrected chi connectivity index (χ4v) is 3.79. The van der Waals surface area contributed by atoms with E-state index in [0.29, 0.717) is 5.69 Å². The molecule has 0 saturated carbocycles. The zero-order valence-corrected chi connectivity index (χ0v) is 13.6. The van der Waals surface area contributed by atoms with Gasteiger partial charge in [0.15, 0.2) is 0 Å². The molecule has 1 rings (SSSR count). The van der Waals surface area contributed by atoms with Crippen molar-refractivity contribution in [2.75, 3.05) is 19.4 Å². The summed E-state index contributed by atoms with van der Waals surface area (Å²) < 4.78 is 32.1. The summed E-state index contributed by atoms with van der Waals surface area (Å²) >= 11 is 0. The highest BCUT2D eigenvalue weighted by molar-refractivity contribution is 7.89. The molecule has 0 spiro atoms. The van der Waals surface area contributed by atoms with Crippen molar-refractivity contribution >= 4 is 15.7 Å². The van der Waals surface area contributed by atoms with Crippen molar-refractivity contribution in [3.63, 3.8) is 0 Å². The summed E-state index contributed by atoms with van der Waals surface area (Å²) in [5.41, 5.74) is 6.96. The number of methoxy groups -OCH3 is 1. The second kappa shape index (κ2) is 6.78. The fourth-order valence-electron chi connectivity index (χ4n) is 1.98. The molecule has 0 atom stereocenters. The van der Waals surface area contributed by atoms with Gasteiger partial charge >= 0.3 is 0 Å². The van der Waals surface area contributed by atoms with Crippen LogP contribution in [0.5, 0.6) is 5.75 Å². The maximum Gasteiger partial charge on any atom is 0.247 e. The Balaban J connectivity index is 3.41. The fraction of sp³-hybridized carbons (Fsp3) is 0.500. The predicted molar refractivity (Wildman–Crippen MR) is 81.4 cm³/mol. The first-order valence-electron chi connectivity index (χ1n) is 6.58. The van der Waals surface area contributed by atoms with Crippen LogP contribution >= 0.6 is 0 Å². The van der Waals surface area contributed by atoms with Crippen molar-refractivity contribution < 1.29 is 13.2 Å². The van der Waals surface area contributed by atoms with Crippen LogP contribution in [0.15, 0.2) is 17.0 Å². The van der Waals surface area contributed by atoms with Crippen LogP contribution < -0.4 is 10.5 Å². The van der Waals surface area contributed by atoms with Gasteiger partial charge in [0.1, 0.15) is 10.6 Å². The molecule has 116 valence electrons. The van der Waals surface area contributed by atoms with Gasteiger partial charge in [-0.1, -0.05) is 0 Å². The van der Waals surface area contributed by atoms with E-state index in [1.807, 2.05) is 6.07 Å². The Morgan fingerprint density at radius 1 is 1.43 bits per heavy atom. The molecule has 0 bridgehead atoms. The number of anilines is 1. The Hall–Kier alpha value is -1.78. The van der Waals surface area contributed by atoms with Crippen LogP contribution in [-0.4, -0.2) is 32.4 Å². The summed E-state index contributed by atoms with van der Waals surface area (Å²) in [4.78, 5) is 0.0275. The van der Waals surface area contributed by atoms with Crippen molar-refractivity contribution in [1.29, 1.82) is 5.26 Å². The monoisotopic (exact) mass is 311 g/mol. The Kier molecular flexibility index (Phi) is 5.58. The van der Waals surface area contributed by atoms with E-state index in [1.54, 1.807) is 26.8 Å². The molecule has 2 N–H and O–H groups in total. The molecule has 0 aromatic heterocycles. The molecule has 21 heavy (non-hydrogen) atoms. The average Bonchev–Trinajstić information content (AvgIpc) is 2.41. The number of nitrogens with two attached hydrogens (primary N) is 1. The number of nitrogen functional groups attached to an aromatic ring is 1. The van der Waals surface area contributed by atoms with Gasteiger partial charge in [-0.15, -0.1) is 0 Å². The molecule has 0 aliphatic rings. The summed E-state index contributed by atoms with van der Waals surface area (Å²) in [5.74, 6) is 0.254. The van der Waals surface area contributed by atoms with Crippen molar-refractivity contribution in [3.05, 3.63) is 17.7 Å². The average molecular weight is 311 g/mol. The largest absolute Gasteiger partial charge is 0.495 e. The third kappa shape index (κ3) is 3.65. The first kappa shape index (κ1) is 17.3. The first-order chi connectivity index (χ1) is 9.75. The van der Waals surface area contributed by atoms with E-state index in [9.17, 15) is 8.42 Å². The number of ether oxygens (including phenoxy) is 1. The van der Waals surface area contributed by atoms with E-state index >= 15 is 0 Å². The zero-order chi connectivity index (χ0) is 16.2. The lowest BCUT2D eigenvalue weighted by molar-refractivity contribution is 0.354. The van der Waals surface area contributed by atoms with Gasteiger partial charge < -0.3 is 10.5 Å². The summed E-state index contributed by atoms with van der Waals surface area (Å²) in [6, 6.07) is 4.71. The summed E-state index contributed by atoms with van der Waals surface area (Å²) in [6.07, 6.45) is 0.126. The standard InChI is InChI=1S/C14H21N3O3S/c1-10(2)17(7-5-6-15)21(18,19)14-9-12(16)11(3)8-13(14)20-4/h8-10H,5,7,16H2,1-4H3. The van der Waals surface area contributed by atoms with Crippen LogP contribution in [0.25, 0.3) is 0 Å². The highest BCUT2D eigenvalue weighted by atomic mass is 32.2. The summed E-state index contributed by atoms with van der Waals surface area (Å²) in [6.45, 7) is 5.44. The van der Waals surface area contributed by atoms with E-state index in [4.69, 9.17) is 15.7 Å². The zero-order valence-electron chi connectivity index (χ0n) is 12.8. The van der Waals surface area contributed by atoms with E-state index in [2.05, 4.69) is 0 Å². The van der Waals surface area contributed by atoms with Crippen LogP contribution in [0.1, 0.15) is 25.8 Å². The number of hydrogen-bond acceptors (Lipinski definition) is 5. The lowest BCUT2D eigenvalue weighted by Crippen LogP contribution is -2.37. The molecule has 0 radical (unpaired) electrons. The third-order valence-electron chi connectivity index (χ3n) is 3.16. The number of sulfonamides is 1. The molecule has 0 aliphatic carbocycles. The first-order valence-corrected chi connectivity index (χ1v) is 8.02. The number of aryl methyl sites for hydroxylation is 1. The lowest BCUT2D eigenvalue weighted by Gasteiger charge is -2.26. The third-order valence-corrected chi connectivity index (χ3v) is 5.26. The molecule has 0 heterocycles. The van der Waals surface area contributed by atoms with Gasteiger partial charge in [-0.05, 0) is 38.5 Å². The minimum Gasteiger partial charge on any atom is -0.495 e. The minimum atomic E-state index is -3.78. The minimum absolute atomic E-state index is 0.0275. The number of rotatable bonds is 6. The van der Waals surface area contributed by atoms with Gasteiger partial charge in [0.2, 0.25) is 10.0 Å². The van der Waals surface area contributed by atoms with Crippen LogP contribution in [0.2, 0.25) is 0 Å². The molecule has 0 amide bonds. The molecular weight excluding hydrogens is 290 g/mol. The second-order valence-electron chi connectivity index (χ2n) is 4.98. The van der Waals surface area contributed by atoms with Gasteiger partial charge in [-0.25, -0.2) is 8.42 Å². The smallest absolute Gasteiger partial charge is 0.247 e. The number of nitrogens with zero attached hydrogens (tertiary/aromatic N) is 2. The summed E-state index contributed by atoms with van der Waals surface area (Å²) in [7, 11) is -2.36. The van der Waals surface area contributed by atoms with Gasteiger partial charge in [-0.2, -0.15) is 9.57 Å². The Labute approximate surface area is 126 Å². The van der Waals surface area contributed by atoms with Crippen molar-refractivity contribution in [3.8, 4) is 11.8 Å². The van der Waals surface area contributed by atoms with Crippen molar-refractivity contribution in [2.45, 2.75) is 38.1 Å². The van der Waals surface area contributed by atoms with Crippen LogP contribution in [-0.2, 0) is 10.0 Å². The van der Waals surface area contributed by atoms with Crippen molar-refractivity contribution in [1.82, 2.24) is 4.31 Å². The number of hydrogen-bond donors (Lipinski definition) is 1. The van der Waals surface area contributed by atoms with Crippen LogP contribution in [0, 0.1) is 18.3 Å². The topological polar surface area (TPSA) is 96.4 Å². The van der Waals surface area contributed by atoms with Crippen LogP contribution in [0.3, 0.4) is 0 Å². The molecule has 1 aromatic rings. The maximum atomic E-state index is 12.8. The molecular formula is C14H21N3O3S. The quantitative estimate of drug-likeness (QED) is 0.809. The predicted octanol–water partition coefficient (Wildman–Crippen LogP) is 1.90. The molecule has 7 heteroatoms. The van der Waals surface area contributed by atoms with Gasteiger partial charge in [0.25, 0.3) is 0 Å². The van der Waals surface area contributed by atoms with E-state index < -0.39 is 10.0 Å². The Bertz CT molecular complexity index is 648. The van der Waals surface area contributed by atoms with E-state index in [1.165, 1.54) is 17.5 Å². The molecule has 0 unspecified atom stereocenters. The van der Waals surface area contributed by atoms with Crippen LogP contribution in [0.4, 0.5) is 5.69 Å². The Morgan fingerprint density at radius 3 is 2.52 bits per heavy atom.